The molecule has 2 atom stereocenters. The van der Waals surface area contributed by atoms with Gasteiger partial charge < -0.3 is 4.90 Å². The second-order valence-electron chi connectivity index (χ2n) is 7.12. The fraction of sp³-hybridized carbons (Fsp3) is 0.409. The van der Waals surface area contributed by atoms with Crippen LogP contribution in [0.1, 0.15) is 44.0 Å². The summed E-state index contributed by atoms with van der Waals surface area (Å²) in [6.45, 7) is 6.49. The van der Waals surface area contributed by atoms with Crippen molar-refractivity contribution in [2.45, 2.75) is 37.8 Å². The number of hydrogen-bond donors (Lipinski definition) is 1. The van der Waals surface area contributed by atoms with Crippen LogP contribution in [0.5, 0.6) is 0 Å². The lowest BCUT2D eigenvalue weighted by atomic mass is 10.0. The Kier molecular flexibility index (Phi) is 7.96. The molecule has 1 N–H and O–H groups in total. The molecular weight excluding hydrogens is 386 g/mol. The van der Waals surface area contributed by atoms with E-state index < -0.39 is 16.1 Å². The number of hydrogen-bond acceptors (Lipinski definition) is 4. The first kappa shape index (κ1) is 23.1. The number of carbonyl (C=O) groups excluding carboxylic acids is 1. The molecule has 0 fully saturated rings. The van der Waals surface area contributed by atoms with Gasteiger partial charge in [0.15, 0.2) is 0 Å². The van der Waals surface area contributed by atoms with Gasteiger partial charge in [0, 0.05) is 33.2 Å². The highest BCUT2D eigenvalue weighted by Crippen LogP contribution is 2.23. The van der Waals surface area contributed by atoms with Crippen LogP contribution in [0, 0.1) is 0 Å². The molecule has 2 aromatic rings. The van der Waals surface area contributed by atoms with Crippen molar-refractivity contribution in [1.29, 1.82) is 0 Å². The largest absolute Gasteiger partial charge is 0.347 e. The molecule has 1 amide bonds. The van der Waals surface area contributed by atoms with Gasteiger partial charge in [-0.1, -0.05) is 56.3 Å². The smallest absolute Gasteiger partial charge is 0.243 e. The SMILES string of the molecule is CCN(CC)S(=O)(=O)c1ccc([C@@H](C)N[C@@H](C(=O)N(C)C)c2ccccc2)cc1. The second-order valence-corrected chi connectivity index (χ2v) is 9.06. The zero-order chi connectivity index (χ0) is 21.6. The van der Waals surface area contributed by atoms with Gasteiger partial charge in [0.1, 0.15) is 6.04 Å². The normalized spacial score (nSPS) is 13.9. The van der Waals surface area contributed by atoms with Gasteiger partial charge in [-0.25, -0.2) is 8.42 Å². The van der Waals surface area contributed by atoms with Crippen LogP contribution in [0.3, 0.4) is 0 Å². The third-order valence-electron chi connectivity index (χ3n) is 4.96. The van der Waals surface area contributed by atoms with Crippen molar-refractivity contribution in [3.05, 3.63) is 65.7 Å². The van der Waals surface area contributed by atoms with Crippen LogP contribution in [0.15, 0.2) is 59.5 Å². The van der Waals surface area contributed by atoms with Gasteiger partial charge in [0.05, 0.1) is 4.90 Å². The Morgan fingerprint density at radius 3 is 1.97 bits per heavy atom. The second kappa shape index (κ2) is 10.0. The van der Waals surface area contributed by atoms with E-state index in [-0.39, 0.29) is 16.8 Å². The van der Waals surface area contributed by atoms with Gasteiger partial charge >= 0.3 is 0 Å². The van der Waals surface area contributed by atoms with Crippen LogP contribution in [-0.2, 0) is 14.8 Å². The summed E-state index contributed by atoms with van der Waals surface area (Å²) >= 11 is 0. The topological polar surface area (TPSA) is 69.7 Å². The number of rotatable bonds is 9. The molecule has 0 radical (unpaired) electrons. The predicted molar refractivity (Wildman–Crippen MR) is 116 cm³/mol. The molecule has 2 rings (SSSR count). The van der Waals surface area contributed by atoms with Crippen molar-refractivity contribution in [2.24, 2.45) is 0 Å². The standard InChI is InChI=1S/C22H31N3O3S/c1-6-25(7-2)29(27,28)20-15-13-18(14-16-20)17(3)23-21(22(26)24(4)5)19-11-9-8-10-12-19/h8-17,21,23H,6-7H2,1-5H3/t17-,21-/m1/s1. The Bertz CT molecular complexity index is 893. The summed E-state index contributed by atoms with van der Waals surface area (Å²) in [5.74, 6) is -0.0382. The van der Waals surface area contributed by atoms with Crippen molar-refractivity contribution in [3.8, 4) is 0 Å². The quantitative estimate of drug-likeness (QED) is 0.680. The molecule has 0 saturated heterocycles. The summed E-state index contributed by atoms with van der Waals surface area (Å²) in [4.78, 5) is 14.6. The fourth-order valence-corrected chi connectivity index (χ4v) is 4.66. The minimum Gasteiger partial charge on any atom is -0.347 e. The monoisotopic (exact) mass is 417 g/mol. The van der Waals surface area contributed by atoms with Gasteiger partial charge in [-0.05, 0) is 30.2 Å². The fourth-order valence-electron chi connectivity index (χ4n) is 3.20. The van der Waals surface area contributed by atoms with E-state index in [0.717, 1.165) is 11.1 Å². The highest BCUT2D eigenvalue weighted by atomic mass is 32.2. The molecule has 0 aromatic heterocycles. The first-order valence-corrected chi connectivity index (χ1v) is 11.3. The number of carbonyl (C=O) groups is 1. The maximum atomic E-state index is 12.7. The first-order valence-electron chi connectivity index (χ1n) is 9.84. The molecule has 0 bridgehead atoms. The van der Waals surface area contributed by atoms with Gasteiger partial charge in [-0.15, -0.1) is 0 Å². The zero-order valence-electron chi connectivity index (χ0n) is 17.8. The van der Waals surface area contributed by atoms with Gasteiger partial charge in [0.25, 0.3) is 0 Å². The molecule has 0 heterocycles. The van der Waals surface area contributed by atoms with E-state index in [4.69, 9.17) is 0 Å². The Morgan fingerprint density at radius 2 is 1.48 bits per heavy atom. The zero-order valence-corrected chi connectivity index (χ0v) is 18.6. The van der Waals surface area contributed by atoms with E-state index >= 15 is 0 Å². The predicted octanol–water partition coefficient (Wildman–Crippen LogP) is 3.20. The Hall–Kier alpha value is -2.22. The number of nitrogens with one attached hydrogen (secondary N) is 1. The Labute approximate surface area is 174 Å². The minimum atomic E-state index is -3.48. The van der Waals surface area contributed by atoms with Crippen LogP contribution >= 0.6 is 0 Å². The molecule has 0 aliphatic heterocycles. The molecule has 0 saturated carbocycles. The molecule has 6 nitrogen and oxygen atoms in total. The molecule has 2 aromatic carbocycles. The third kappa shape index (κ3) is 5.44. The molecule has 0 unspecified atom stereocenters. The lowest BCUT2D eigenvalue weighted by Crippen LogP contribution is -2.38. The molecule has 7 heteroatoms. The summed E-state index contributed by atoms with van der Waals surface area (Å²) in [7, 11) is -0.0150. The van der Waals surface area contributed by atoms with Crippen molar-refractivity contribution < 1.29 is 13.2 Å². The number of likely N-dealkylation sites (N-methyl/N-ethyl adjacent to an activating group) is 1. The van der Waals surface area contributed by atoms with Crippen LogP contribution in [-0.4, -0.2) is 50.7 Å². The molecule has 0 aliphatic carbocycles. The van der Waals surface area contributed by atoms with Crippen LogP contribution in [0.25, 0.3) is 0 Å². The summed E-state index contributed by atoms with van der Waals surface area (Å²) in [6, 6.07) is 15.8. The van der Waals surface area contributed by atoms with Crippen LogP contribution in [0.2, 0.25) is 0 Å². The van der Waals surface area contributed by atoms with E-state index in [0.29, 0.717) is 13.1 Å². The summed E-state index contributed by atoms with van der Waals surface area (Å²) in [5, 5.41) is 3.38. The molecular formula is C22H31N3O3S. The van der Waals surface area contributed by atoms with Crippen LogP contribution < -0.4 is 5.32 Å². The van der Waals surface area contributed by atoms with Crippen molar-refractivity contribution in [3.63, 3.8) is 0 Å². The van der Waals surface area contributed by atoms with E-state index in [2.05, 4.69) is 5.32 Å². The molecule has 0 spiro atoms. The van der Waals surface area contributed by atoms with E-state index in [1.807, 2.05) is 51.1 Å². The van der Waals surface area contributed by atoms with Crippen molar-refractivity contribution in [2.75, 3.05) is 27.2 Å². The Morgan fingerprint density at radius 1 is 0.931 bits per heavy atom. The number of nitrogens with zero attached hydrogens (tertiary/aromatic N) is 2. The minimum absolute atomic E-state index is 0.0382. The van der Waals surface area contributed by atoms with Crippen molar-refractivity contribution in [1.82, 2.24) is 14.5 Å². The summed E-state index contributed by atoms with van der Waals surface area (Å²) < 4.78 is 26.8. The number of sulfonamides is 1. The summed E-state index contributed by atoms with van der Waals surface area (Å²) in [5.41, 5.74) is 1.80. The van der Waals surface area contributed by atoms with E-state index in [9.17, 15) is 13.2 Å². The highest BCUT2D eigenvalue weighted by Gasteiger charge is 2.25. The lowest BCUT2D eigenvalue weighted by molar-refractivity contribution is -0.131. The number of benzene rings is 2. The van der Waals surface area contributed by atoms with E-state index in [1.54, 1.807) is 43.3 Å². The lowest BCUT2D eigenvalue weighted by Gasteiger charge is -2.26. The van der Waals surface area contributed by atoms with E-state index in [1.165, 1.54) is 4.31 Å². The van der Waals surface area contributed by atoms with Gasteiger partial charge in [0.2, 0.25) is 15.9 Å². The average molecular weight is 418 g/mol. The number of amides is 1. The molecule has 29 heavy (non-hydrogen) atoms. The maximum Gasteiger partial charge on any atom is 0.243 e. The highest BCUT2D eigenvalue weighted by molar-refractivity contribution is 7.89. The maximum absolute atomic E-state index is 12.7. The first-order chi connectivity index (χ1) is 13.7. The summed E-state index contributed by atoms with van der Waals surface area (Å²) in [6.07, 6.45) is 0. The molecule has 0 aliphatic rings. The van der Waals surface area contributed by atoms with Crippen LogP contribution in [0.4, 0.5) is 0 Å². The van der Waals surface area contributed by atoms with Gasteiger partial charge in [-0.3, -0.25) is 10.1 Å². The Balaban J connectivity index is 2.25. The average Bonchev–Trinajstić information content (AvgIpc) is 2.72. The third-order valence-corrected chi connectivity index (χ3v) is 7.02. The molecule has 158 valence electrons. The van der Waals surface area contributed by atoms with Gasteiger partial charge in [-0.2, -0.15) is 4.31 Å². The van der Waals surface area contributed by atoms with Crippen molar-refractivity contribution >= 4 is 15.9 Å².